The van der Waals surface area contributed by atoms with Gasteiger partial charge in [-0.3, -0.25) is 19.8 Å². The average Bonchev–Trinajstić information content (AvgIpc) is 2.81. The minimum Gasteiger partial charge on any atom is -0.493 e. The van der Waals surface area contributed by atoms with E-state index in [4.69, 9.17) is 9.47 Å². The molecule has 33 heavy (non-hydrogen) atoms. The quantitative estimate of drug-likeness (QED) is 0.524. The molecule has 8 heteroatoms. The number of amides is 4. The van der Waals surface area contributed by atoms with E-state index in [1.54, 1.807) is 30.3 Å². The predicted molar refractivity (Wildman–Crippen MR) is 119 cm³/mol. The van der Waals surface area contributed by atoms with Gasteiger partial charge in [0.2, 0.25) is 0 Å². The molecule has 4 rings (SSSR count). The number of nitrogens with zero attached hydrogens (tertiary/aromatic N) is 1. The fourth-order valence-corrected chi connectivity index (χ4v) is 4.19. The summed E-state index contributed by atoms with van der Waals surface area (Å²) in [7, 11) is 1.48. The average molecular weight is 452 g/mol. The highest BCUT2D eigenvalue weighted by atomic mass is 19.1. The lowest BCUT2D eigenvalue weighted by atomic mass is 9.93. The Morgan fingerprint density at radius 2 is 1.85 bits per heavy atom. The first kappa shape index (κ1) is 22.5. The molecule has 1 heterocycles. The minimum absolute atomic E-state index is 0.101. The lowest BCUT2D eigenvalue weighted by Gasteiger charge is -2.35. The zero-order chi connectivity index (χ0) is 23.4. The van der Waals surface area contributed by atoms with Crippen molar-refractivity contribution in [3.8, 4) is 11.5 Å². The molecule has 0 bridgehead atoms. The molecule has 1 aliphatic carbocycles. The fraction of sp³-hybridized carbons (Fsp3) is 0.320. The van der Waals surface area contributed by atoms with Gasteiger partial charge in [0.1, 0.15) is 18.0 Å². The Kier molecular flexibility index (Phi) is 6.72. The summed E-state index contributed by atoms with van der Waals surface area (Å²) in [6, 6.07) is 10.2. The molecule has 0 atom stereocenters. The van der Waals surface area contributed by atoms with Crippen LogP contribution in [0, 0.1) is 5.82 Å². The second-order valence-electron chi connectivity index (χ2n) is 8.11. The SMILES string of the molecule is COc1cc(/C=C2/C(=O)NC(=O)N(C3CCCCC3)C2=O)ccc1OCc1cccc(F)c1. The van der Waals surface area contributed by atoms with Gasteiger partial charge in [0.25, 0.3) is 11.8 Å². The lowest BCUT2D eigenvalue weighted by Crippen LogP contribution is -2.58. The molecule has 0 unspecified atom stereocenters. The van der Waals surface area contributed by atoms with Crippen molar-refractivity contribution in [1.29, 1.82) is 0 Å². The summed E-state index contributed by atoms with van der Waals surface area (Å²) in [5.41, 5.74) is 1.11. The number of urea groups is 1. The van der Waals surface area contributed by atoms with E-state index in [9.17, 15) is 18.8 Å². The number of hydrogen-bond acceptors (Lipinski definition) is 5. The van der Waals surface area contributed by atoms with E-state index in [-0.39, 0.29) is 24.0 Å². The molecular formula is C25H25FN2O5. The third-order valence-electron chi connectivity index (χ3n) is 5.85. The third-order valence-corrected chi connectivity index (χ3v) is 5.85. The van der Waals surface area contributed by atoms with Crippen molar-refractivity contribution in [2.75, 3.05) is 7.11 Å². The van der Waals surface area contributed by atoms with E-state index in [1.807, 2.05) is 0 Å². The van der Waals surface area contributed by atoms with Crippen molar-refractivity contribution < 1.29 is 28.2 Å². The van der Waals surface area contributed by atoms with Gasteiger partial charge in [0.05, 0.1) is 7.11 Å². The molecule has 0 spiro atoms. The minimum atomic E-state index is -0.720. The molecule has 2 aromatic rings. The van der Waals surface area contributed by atoms with E-state index in [2.05, 4.69) is 5.32 Å². The summed E-state index contributed by atoms with van der Waals surface area (Å²) < 4.78 is 24.5. The van der Waals surface area contributed by atoms with Crippen LogP contribution in [0.2, 0.25) is 0 Å². The maximum atomic E-state index is 13.4. The number of hydrogen-bond donors (Lipinski definition) is 1. The van der Waals surface area contributed by atoms with Crippen LogP contribution in [0.15, 0.2) is 48.0 Å². The first-order valence-corrected chi connectivity index (χ1v) is 10.9. The van der Waals surface area contributed by atoms with E-state index < -0.39 is 17.8 Å². The molecule has 7 nitrogen and oxygen atoms in total. The highest BCUT2D eigenvalue weighted by Crippen LogP contribution is 2.31. The smallest absolute Gasteiger partial charge is 0.331 e. The Balaban J connectivity index is 1.55. The van der Waals surface area contributed by atoms with Crippen LogP contribution < -0.4 is 14.8 Å². The Hall–Kier alpha value is -3.68. The fourth-order valence-electron chi connectivity index (χ4n) is 4.19. The second kappa shape index (κ2) is 9.85. The van der Waals surface area contributed by atoms with Crippen LogP contribution in [-0.2, 0) is 16.2 Å². The molecule has 0 radical (unpaired) electrons. The van der Waals surface area contributed by atoms with Crippen molar-refractivity contribution in [1.82, 2.24) is 10.2 Å². The molecule has 2 aromatic carbocycles. The Morgan fingerprint density at radius 3 is 2.58 bits per heavy atom. The highest BCUT2D eigenvalue weighted by Gasteiger charge is 2.40. The Morgan fingerprint density at radius 1 is 1.06 bits per heavy atom. The van der Waals surface area contributed by atoms with E-state index in [0.29, 0.717) is 22.6 Å². The van der Waals surface area contributed by atoms with E-state index >= 15 is 0 Å². The van der Waals surface area contributed by atoms with Crippen molar-refractivity contribution in [3.05, 3.63) is 65.0 Å². The second-order valence-corrected chi connectivity index (χ2v) is 8.11. The van der Waals surface area contributed by atoms with Crippen LogP contribution in [-0.4, -0.2) is 35.9 Å². The molecule has 1 N–H and O–H groups in total. The van der Waals surface area contributed by atoms with Gasteiger partial charge in [-0.15, -0.1) is 0 Å². The van der Waals surface area contributed by atoms with E-state index in [0.717, 1.165) is 32.1 Å². The number of barbiturate groups is 1. The predicted octanol–water partition coefficient (Wildman–Crippen LogP) is 4.21. The van der Waals surface area contributed by atoms with Crippen molar-refractivity contribution in [2.45, 2.75) is 44.8 Å². The van der Waals surface area contributed by atoms with Gasteiger partial charge in [-0.1, -0.05) is 37.5 Å². The molecule has 4 amide bonds. The van der Waals surface area contributed by atoms with Crippen molar-refractivity contribution >= 4 is 23.9 Å². The van der Waals surface area contributed by atoms with Gasteiger partial charge in [-0.2, -0.15) is 0 Å². The van der Waals surface area contributed by atoms with Crippen molar-refractivity contribution in [2.24, 2.45) is 0 Å². The third kappa shape index (κ3) is 5.05. The maximum absolute atomic E-state index is 13.4. The number of nitrogens with one attached hydrogen (secondary N) is 1. The standard InChI is InChI=1S/C25H25FN2O5/c1-32-22-14-16(10-11-21(22)33-15-17-6-5-7-18(26)12-17)13-20-23(29)27-25(31)28(24(20)30)19-8-3-2-4-9-19/h5-7,10-14,19H,2-4,8-9,15H2,1H3,(H,27,29,31)/b20-13-. The van der Waals surface area contributed by atoms with Gasteiger partial charge in [-0.05, 0) is 54.3 Å². The molecule has 1 aliphatic heterocycles. The molecule has 1 saturated heterocycles. The maximum Gasteiger partial charge on any atom is 0.331 e. The summed E-state index contributed by atoms with van der Waals surface area (Å²) >= 11 is 0. The number of carbonyl (C=O) groups is 3. The largest absolute Gasteiger partial charge is 0.493 e. The topological polar surface area (TPSA) is 84.9 Å². The summed E-state index contributed by atoms with van der Waals surface area (Å²) in [4.78, 5) is 39.0. The van der Waals surface area contributed by atoms with Crippen LogP contribution in [0.5, 0.6) is 11.5 Å². The van der Waals surface area contributed by atoms with Gasteiger partial charge >= 0.3 is 6.03 Å². The molecule has 172 valence electrons. The summed E-state index contributed by atoms with van der Waals surface area (Å²) in [6.07, 6.45) is 5.90. The van der Waals surface area contributed by atoms with Gasteiger partial charge < -0.3 is 9.47 Å². The number of methoxy groups -OCH3 is 1. The Bertz CT molecular complexity index is 1110. The zero-order valence-electron chi connectivity index (χ0n) is 18.3. The molecule has 1 saturated carbocycles. The van der Waals surface area contributed by atoms with Crippen LogP contribution in [0.3, 0.4) is 0 Å². The van der Waals surface area contributed by atoms with Crippen LogP contribution >= 0.6 is 0 Å². The van der Waals surface area contributed by atoms with Crippen LogP contribution in [0.4, 0.5) is 9.18 Å². The van der Waals surface area contributed by atoms with Crippen LogP contribution in [0.1, 0.15) is 43.2 Å². The molecular weight excluding hydrogens is 427 g/mol. The number of carbonyl (C=O) groups excluding carboxylic acids is 3. The molecule has 0 aromatic heterocycles. The number of halogens is 1. The number of rotatable bonds is 6. The summed E-state index contributed by atoms with van der Waals surface area (Å²) in [5.74, 6) is -0.823. The summed E-state index contributed by atoms with van der Waals surface area (Å²) in [6.45, 7) is 0.147. The Labute approximate surface area is 191 Å². The van der Waals surface area contributed by atoms with Gasteiger partial charge in [0, 0.05) is 6.04 Å². The van der Waals surface area contributed by atoms with Gasteiger partial charge in [-0.25, -0.2) is 9.18 Å². The highest BCUT2D eigenvalue weighted by molar-refractivity contribution is 6.31. The zero-order valence-corrected chi connectivity index (χ0v) is 18.3. The molecule has 2 aliphatic rings. The normalized spacial score (nSPS) is 18.4. The number of ether oxygens (including phenoxy) is 2. The van der Waals surface area contributed by atoms with Crippen molar-refractivity contribution in [3.63, 3.8) is 0 Å². The van der Waals surface area contributed by atoms with E-state index in [1.165, 1.54) is 30.2 Å². The number of imide groups is 2. The van der Waals surface area contributed by atoms with Crippen LogP contribution in [0.25, 0.3) is 6.08 Å². The van der Waals surface area contributed by atoms with Gasteiger partial charge in [0.15, 0.2) is 11.5 Å². The first-order chi connectivity index (χ1) is 16.0. The first-order valence-electron chi connectivity index (χ1n) is 10.9. The lowest BCUT2D eigenvalue weighted by molar-refractivity contribution is -0.132. The monoisotopic (exact) mass is 452 g/mol. The number of benzene rings is 2. The molecule has 2 fully saturated rings. The summed E-state index contributed by atoms with van der Waals surface area (Å²) in [5, 5.41) is 2.28.